The Hall–Kier alpha value is -2.47. The van der Waals surface area contributed by atoms with Crippen LogP contribution in [0.15, 0.2) is 48.7 Å². The van der Waals surface area contributed by atoms with Crippen LogP contribution in [0.1, 0.15) is 18.1 Å². The van der Waals surface area contributed by atoms with Gasteiger partial charge in [-0.15, -0.1) is 11.3 Å². The Morgan fingerprint density at radius 2 is 1.94 bits per heavy atom. The number of thioether (sulfide) groups is 1. The molecule has 0 atom stereocenters. The minimum atomic E-state index is 0.417. The predicted octanol–water partition coefficient (Wildman–Crippen LogP) is 7.74. The largest absolute Gasteiger partial charge is 0.495 e. The number of rotatable bonds is 10. The molecule has 2 aromatic carbocycles. The lowest BCUT2D eigenvalue weighted by molar-refractivity contribution is 0.415. The Morgan fingerprint density at radius 3 is 2.66 bits per heavy atom. The van der Waals surface area contributed by atoms with Gasteiger partial charge < -0.3 is 15.4 Å². The molecule has 0 saturated heterocycles. The Balaban J connectivity index is 1.61. The molecule has 9 heteroatoms. The number of hydrogen-bond acceptors (Lipinski definition) is 7. The second-order valence-electron chi connectivity index (χ2n) is 7.65. The number of nitrogens with zero attached hydrogens (tertiary/aromatic N) is 2. The summed E-state index contributed by atoms with van der Waals surface area (Å²) in [7, 11) is 1.54. The van der Waals surface area contributed by atoms with Gasteiger partial charge in [-0.3, -0.25) is 4.98 Å². The number of nitriles is 1. The number of nitrogens with one attached hydrogen (secondary N) is 2. The van der Waals surface area contributed by atoms with Gasteiger partial charge >= 0.3 is 0 Å². The van der Waals surface area contributed by atoms with Crippen molar-refractivity contribution in [1.82, 2.24) is 10.3 Å². The molecule has 2 heterocycles. The molecule has 0 aliphatic heterocycles. The van der Waals surface area contributed by atoms with Crippen LogP contribution < -0.4 is 15.4 Å². The lowest BCUT2D eigenvalue weighted by Crippen LogP contribution is -2.16. The molecule has 4 aromatic rings. The maximum absolute atomic E-state index is 9.73. The van der Waals surface area contributed by atoms with E-state index in [0.717, 1.165) is 45.3 Å². The van der Waals surface area contributed by atoms with Crippen LogP contribution in [-0.4, -0.2) is 30.1 Å². The van der Waals surface area contributed by atoms with E-state index in [1.165, 1.54) is 5.56 Å². The van der Waals surface area contributed by atoms with Crippen molar-refractivity contribution in [2.45, 2.75) is 13.5 Å². The summed E-state index contributed by atoms with van der Waals surface area (Å²) in [6.07, 6.45) is 1.58. The van der Waals surface area contributed by atoms with Crippen LogP contribution in [0, 0.1) is 11.3 Å². The third-order valence-corrected chi connectivity index (χ3v) is 8.06. The molecule has 0 radical (unpaired) electrons. The molecule has 0 aliphatic carbocycles. The van der Waals surface area contributed by atoms with Gasteiger partial charge in [0.1, 0.15) is 11.8 Å². The summed E-state index contributed by atoms with van der Waals surface area (Å²) in [6, 6.07) is 16.2. The normalized spacial score (nSPS) is 10.9. The zero-order valence-electron chi connectivity index (χ0n) is 19.3. The molecular weight excluding hydrogens is 519 g/mol. The summed E-state index contributed by atoms with van der Waals surface area (Å²) in [5, 5.41) is 17.4. The highest BCUT2D eigenvalue weighted by Crippen LogP contribution is 2.41. The van der Waals surface area contributed by atoms with Crippen LogP contribution in [0.4, 0.5) is 11.4 Å². The molecule has 0 unspecified atom stereocenters. The molecular formula is C26H24Cl2N4OS2. The topological polar surface area (TPSA) is 70.0 Å². The molecule has 0 saturated carbocycles. The van der Waals surface area contributed by atoms with Crippen LogP contribution >= 0.6 is 46.3 Å². The van der Waals surface area contributed by atoms with Crippen molar-refractivity contribution in [3.63, 3.8) is 0 Å². The molecule has 0 fully saturated rings. The fourth-order valence-electron chi connectivity index (χ4n) is 3.55. The van der Waals surface area contributed by atoms with Gasteiger partial charge in [-0.05, 0) is 29.0 Å². The number of hydrogen-bond donors (Lipinski definition) is 2. The van der Waals surface area contributed by atoms with Gasteiger partial charge in [0.05, 0.1) is 44.3 Å². The van der Waals surface area contributed by atoms with Crippen molar-refractivity contribution in [1.29, 1.82) is 5.26 Å². The van der Waals surface area contributed by atoms with Gasteiger partial charge in [0.25, 0.3) is 0 Å². The Labute approximate surface area is 223 Å². The number of thiophene rings is 1. The minimum absolute atomic E-state index is 0.417. The Bertz CT molecular complexity index is 1370. The fourth-order valence-corrected chi connectivity index (χ4v) is 5.76. The summed E-state index contributed by atoms with van der Waals surface area (Å²) >= 11 is 16.1. The number of methoxy groups -OCH3 is 1. The minimum Gasteiger partial charge on any atom is -0.495 e. The molecule has 180 valence electrons. The van der Waals surface area contributed by atoms with Crippen molar-refractivity contribution in [2.24, 2.45) is 0 Å². The van der Waals surface area contributed by atoms with Crippen molar-refractivity contribution in [3.8, 4) is 22.3 Å². The standard InChI is InChI=1S/C26H24Cl2N4OS2/c1-3-34-9-8-30-14-16-4-6-17(7-5-16)24-12-22-26(35-24)25(18(13-29)15-31-22)32-21-11-23(33-2)20(28)10-19(21)27/h4-7,10-12,15,30H,3,8-9,14H2,1-2H3,(H,31,32). The van der Waals surface area contributed by atoms with E-state index in [9.17, 15) is 5.26 Å². The highest BCUT2D eigenvalue weighted by Gasteiger charge is 2.16. The van der Waals surface area contributed by atoms with Gasteiger partial charge in [-0.1, -0.05) is 54.4 Å². The lowest BCUT2D eigenvalue weighted by Gasteiger charge is -2.13. The monoisotopic (exact) mass is 542 g/mol. The maximum atomic E-state index is 9.73. The molecule has 35 heavy (non-hydrogen) atoms. The van der Waals surface area contributed by atoms with Crippen LogP contribution in [0.2, 0.25) is 10.0 Å². The van der Waals surface area contributed by atoms with E-state index in [4.69, 9.17) is 27.9 Å². The van der Waals surface area contributed by atoms with E-state index in [0.29, 0.717) is 32.7 Å². The van der Waals surface area contributed by atoms with Gasteiger partial charge in [-0.2, -0.15) is 17.0 Å². The van der Waals surface area contributed by atoms with Gasteiger partial charge in [-0.25, -0.2) is 0 Å². The Morgan fingerprint density at radius 1 is 1.14 bits per heavy atom. The number of fused-ring (bicyclic) bond motifs is 1. The van der Waals surface area contributed by atoms with Crippen LogP contribution in [0.25, 0.3) is 20.7 Å². The van der Waals surface area contributed by atoms with Crippen LogP contribution in [-0.2, 0) is 6.54 Å². The van der Waals surface area contributed by atoms with E-state index < -0.39 is 0 Å². The summed E-state index contributed by atoms with van der Waals surface area (Å²) in [6.45, 7) is 4.03. The third-order valence-electron chi connectivity index (χ3n) is 5.36. The van der Waals surface area contributed by atoms with Gasteiger partial charge in [0, 0.05) is 36.0 Å². The predicted molar refractivity (Wildman–Crippen MR) is 151 cm³/mol. The first-order valence-electron chi connectivity index (χ1n) is 11.0. The van der Waals surface area contributed by atoms with E-state index in [2.05, 4.69) is 52.9 Å². The molecule has 0 spiro atoms. The van der Waals surface area contributed by atoms with E-state index in [-0.39, 0.29) is 0 Å². The second kappa shape index (κ2) is 12.0. The number of ether oxygens (including phenoxy) is 1. The van der Waals surface area contributed by atoms with E-state index >= 15 is 0 Å². The number of aromatic nitrogens is 1. The first-order valence-corrected chi connectivity index (χ1v) is 13.8. The van der Waals surface area contributed by atoms with Gasteiger partial charge in [0.2, 0.25) is 0 Å². The highest BCUT2D eigenvalue weighted by molar-refractivity contribution is 7.99. The van der Waals surface area contributed by atoms with Crippen LogP contribution in [0.3, 0.4) is 0 Å². The van der Waals surface area contributed by atoms with E-state index in [1.54, 1.807) is 36.8 Å². The highest BCUT2D eigenvalue weighted by atomic mass is 35.5. The molecule has 0 bridgehead atoms. The third kappa shape index (κ3) is 6.03. The zero-order chi connectivity index (χ0) is 24.8. The van der Waals surface area contributed by atoms with Crippen molar-refractivity contribution >= 4 is 67.9 Å². The molecule has 5 nitrogen and oxygen atoms in total. The summed E-state index contributed by atoms with van der Waals surface area (Å²) in [5.41, 5.74) is 4.84. The molecule has 2 N–H and O–H groups in total. The number of halogens is 2. The number of benzene rings is 2. The molecule has 0 amide bonds. The second-order valence-corrected chi connectivity index (χ2v) is 10.9. The van der Waals surface area contributed by atoms with Crippen LogP contribution in [0.5, 0.6) is 5.75 Å². The SMILES string of the molecule is CCSCCNCc1ccc(-c2cc3ncc(C#N)c(Nc4cc(OC)c(Cl)cc4Cl)c3s2)cc1. The lowest BCUT2D eigenvalue weighted by atomic mass is 10.1. The summed E-state index contributed by atoms with van der Waals surface area (Å²) in [4.78, 5) is 5.58. The quantitative estimate of drug-likeness (QED) is 0.200. The molecule has 4 rings (SSSR count). The molecule has 2 aromatic heterocycles. The van der Waals surface area contributed by atoms with Gasteiger partial charge in [0.15, 0.2) is 0 Å². The fraction of sp³-hybridized carbons (Fsp3) is 0.231. The maximum Gasteiger partial charge on any atom is 0.139 e. The smallest absolute Gasteiger partial charge is 0.139 e. The first-order chi connectivity index (χ1) is 17.0. The zero-order valence-corrected chi connectivity index (χ0v) is 22.5. The molecule has 0 aliphatic rings. The Kier molecular flexibility index (Phi) is 8.77. The van der Waals surface area contributed by atoms with Crippen molar-refractivity contribution in [3.05, 3.63) is 69.8 Å². The number of anilines is 2. The average Bonchev–Trinajstić information content (AvgIpc) is 3.31. The first kappa shape index (κ1) is 25.6. The summed E-state index contributed by atoms with van der Waals surface area (Å²) in [5.74, 6) is 2.76. The van der Waals surface area contributed by atoms with Crippen molar-refractivity contribution in [2.75, 3.05) is 30.5 Å². The van der Waals surface area contributed by atoms with Crippen molar-refractivity contribution < 1.29 is 4.74 Å². The average molecular weight is 544 g/mol. The number of pyridine rings is 1. The van der Waals surface area contributed by atoms with E-state index in [1.807, 2.05) is 17.8 Å². The summed E-state index contributed by atoms with van der Waals surface area (Å²) < 4.78 is 6.20.